The van der Waals surface area contributed by atoms with E-state index in [2.05, 4.69) is 4.98 Å². The molecule has 0 amide bonds. The van der Waals surface area contributed by atoms with Crippen LogP contribution in [0.15, 0.2) is 42.5 Å². The number of benzene rings is 2. The van der Waals surface area contributed by atoms with Crippen molar-refractivity contribution in [2.24, 2.45) is 0 Å². The van der Waals surface area contributed by atoms with E-state index in [4.69, 9.17) is 21.6 Å². The first-order chi connectivity index (χ1) is 12.3. The van der Waals surface area contributed by atoms with Crippen LogP contribution in [0.5, 0.6) is 5.75 Å². The molecule has 3 aromatic rings. The molecule has 0 bridgehead atoms. The number of nitrogens with zero attached hydrogens (tertiary/aromatic N) is 2. The molecule has 0 aliphatic heterocycles. The van der Waals surface area contributed by atoms with Gasteiger partial charge in [0.15, 0.2) is 0 Å². The van der Waals surface area contributed by atoms with Crippen LogP contribution < -0.4 is 4.74 Å². The Morgan fingerprint density at radius 1 is 1.15 bits per heavy atom. The first-order valence-electron chi connectivity index (χ1n) is 7.58. The van der Waals surface area contributed by atoms with Crippen LogP contribution in [-0.4, -0.2) is 4.98 Å². The van der Waals surface area contributed by atoms with Crippen molar-refractivity contribution in [1.29, 1.82) is 5.26 Å². The van der Waals surface area contributed by atoms with E-state index in [1.807, 2.05) is 6.92 Å². The fraction of sp³-hybridized carbons (Fsp3) is 0.158. The van der Waals surface area contributed by atoms with Gasteiger partial charge < -0.3 is 4.74 Å². The maximum absolute atomic E-state index is 13.0. The smallest absolute Gasteiger partial charge is 0.417 e. The second-order valence-corrected chi connectivity index (χ2v) is 6.11. The van der Waals surface area contributed by atoms with Gasteiger partial charge in [-0.25, -0.2) is 0 Å². The van der Waals surface area contributed by atoms with Crippen molar-refractivity contribution in [3.63, 3.8) is 0 Å². The highest BCUT2D eigenvalue weighted by Gasteiger charge is 2.34. The van der Waals surface area contributed by atoms with Gasteiger partial charge in [-0.2, -0.15) is 18.4 Å². The minimum absolute atomic E-state index is 0.0339. The lowest BCUT2D eigenvalue weighted by Gasteiger charge is -2.12. The largest absolute Gasteiger partial charge is 0.489 e. The molecule has 3 rings (SSSR count). The fourth-order valence-corrected chi connectivity index (χ4v) is 2.87. The molecule has 0 N–H and O–H groups in total. The summed E-state index contributed by atoms with van der Waals surface area (Å²) in [5.74, 6) is 0.0339. The lowest BCUT2D eigenvalue weighted by atomic mass is 10.1. The van der Waals surface area contributed by atoms with E-state index in [1.165, 1.54) is 12.1 Å². The summed E-state index contributed by atoms with van der Waals surface area (Å²) in [6.45, 7) is 1.89. The Balaban J connectivity index is 1.85. The number of ether oxygens (including phenoxy) is 1. The topological polar surface area (TPSA) is 45.9 Å². The zero-order chi connectivity index (χ0) is 18.9. The first kappa shape index (κ1) is 18.0. The van der Waals surface area contributed by atoms with Gasteiger partial charge in [0, 0.05) is 11.1 Å². The van der Waals surface area contributed by atoms with Crippen LogP contribution in [0.2, 0.25) is 5.02 Å². The van der Waals surface area contributed by atoms with Crippen molar-refractivity contribution in [2.75, 3.05) is 0 Å². The third kappa shape index (κ3) is 3.73. The van der Waals surface area contributed by atoms with E-state index >= 15 is 0 Å². The average molecular weight is 377 g/mol. The molecule has 2 aromatic carbocycles. The molecule has 1 aromatic heterocycles. The van der Waals surface area contributed by atoms with Crippen LogP contribution >= 0.6 is 11.6 Å². The first-order valence-corrected chi connectivity index (χ1v) is 7.95. The summed E-state index contributed by atoms with van der Waals surface area (Å²) in [7, 11) is 0. The molecule has 0 atom stereocenters. The Morgan fingerprint density at radius 2 is 1.92 bits per heavy atom. The van der Waals surface area contributed by atoms with Crippen molar-refractivity contribution in [1.82, 2.24) is 4.98 Å². The molecule has 1 heterocycles. The summed E-state index contributed by atoms with van der Waals surface area (Å²) < 4.78 is 44.5. The molecule has 132 valence electrons. The van der Waals surface area contributed by atoms with Gasteiger partial charge >= 0.3 is 6.18 Å². The van der Waals surface area contributed by atoms with Crippen LogP contribution in [0.25, 0.3) is 10.9 Å². The molecule has 0 aliphatic carbocycles. The number of halogens is 4. The predicted octanol–water partition coefficient (Wildman–Crippen LogP) is 5.67. The van der Waals surface area contributed by atoms with Gasteiger partial charge in [-0.3, -0.25) is 4.98 Å². The summed E-state index contributed by atoms with van der Waals surface area (Å²) in [4.78, 5) is 4.40. The van der Waals surface area contributed by atoms with Crippen molar-refractivity contribution in [3.05, 3.63) is 69.9 Å². The monoisotopic (exact) mass is 376 g/mol. The van der Waals surface area contributed by atoms with Crippen molar-refractivity contribution >= 4 is 22.5 Å². The highest BCUT2D eigenvalue weighted by atomic mass is 35.5. The maximum Gasteiger partial charge on any atom is 0.417 e. The molecule has 3 nitrogen and oxygen atoms in total. The maximum atomic E-state index is 13.0. The Bertz CT molecular complexity index is 1030. The zero-order valence-corrected chi connectivity index (χ0v) is 14.3. The average Bonchev–Trinajstić information content (AvgIpc) is 2.58. The SMILES string of the molecule is Cc1cc(Cl)c2ccc(COc3ccc(C#N)c(C(F)(F)F)c3)cc2n1. The lowest BCUT2D eigenvalue weighted by molar-refractivity contribution is -0.137. The number of alkyl halides is 3. The van der Waals surface area contributed by atoms with Gasteiger partial charge in [0.25, 0.3) is 0 Å². The number of hydrogen-bond donors (Lipinski definition) is 0. The Labute approximate surface area is 152 Å². The number of hydrogen-bond acceptors (Lipinski definition) is 3. The van der Waals surface area contributed by atoms with Crippen LogP contribution in [-0.2, 0) is 12.8 Å². The zero-order valence-electron chi connectivity index (χ0n) is 13.6. The van der Waals surface area contributed by atoms with E-state index in [1.54, 1.807) is 24.3 Å². The summed E-state index contributed by atoms with van der Waals surface area (Å²) in [5.41, 5.74) is 0.740. The molecular formula is C19H12ClF3N2O. The van der Waals surface area contributed by atoms with Gasteiger partial charge in [0.05, 0.1) is 27.7 Å². The molecule has 26 heavy (non-hydrogen) atoms. The van der Waals surface area contributed by atoms with Gasteiger partial charge in [-0.15, -0.1) is 0 Å². The third-order valence-corrected chi connectivity index (χ3v) is 4.09. The molecule has 0 radical (unpaired) electrons. The fourth-order valence-electron chi connectivity index (χ4n) is 2.56. The molecule has 0 saturated heterocycles. The van der Waals surface area contributed by atoms with Crippen LogP contribution in [0.3, 0.4) is 0 Å². The Hall–Kier alpha value is -2.78. The number of fused-ring (bicyclic) bond motifs is 1. The standard InChI is InChI=1S/C19H12ClF3N2O/c1-11-6-17(20)15-5-2-12(7-18(15)25-11)10-26-14-4-3-13(9-24)16(8-14)19(21,22)23/h2-8H,10H2,1H3. The summed E-state index contributed by atoms with van der Waals surface area (Å²) in [6.07, 6.45) is -4.62. The molecule has 0 aliphatic rings. The predicted molar refractivity (Wildman–Crippen MR) is 92.0 cm³/mol. The minimum atomic E-state index is -4.62. The molecule has 0 spiro atoms. The summed E-state index contributed by atoms with van der Waals surface area (Å²) in [6, 6.07) is 11.9. The molecule has 0 saturated carbocycles. The van der Waals surface area contributed by atoms with Gasteiger partial charge in [-0.05, 0) is 42.8 Å². The molecular weight excluding hydrogens is 365 g/mol. The van der Waals surface area contributed by atoms with Gasteiger partial charge in [0.2, 0.25) is 0 Å². The van der Waals surface area contributed by atoms with Crippen LogP contribution in [0.1, 0.15) is 22.4 Å². The van der Waals surface area contributed by atoms with E-state index in [0.29, 0.717) is 10.5 Å². The highest BCUT2D eigenvalue weighted by molar-refractivity contribution is 6.35. The summed E-state index contributed by atoms with van der Waals surface area (Å²) >= 11 is 6.17. The lowest BCUT2D eigenvalue weighted by Crippen LogP contribution is -2.08. The van der Waals surface area contributed by atoms with Crippen molar-refractivity contribution < 1.29 is 17.9 Å². The molecule has 0 unspecified atom stereocenters. The minimum Gasteiger partial charge on any atom is -0.489 e. The van der Waals surface area contributed by atoms with E-state index in [9.17, 15) is 13.2 Å². The van der Waals surface area contributed by atoms with E-state index < -0.39 is 17.3 Å². The van der Waals surface area contributed by atoms with E-state index in [-0.39, 0.29) is 12.4 Å². The second-order valence-electron chi connectivity index (χ2n) is 5.70. The van der Waals surface area contributed by atoms with Crippen molar-refractivity contribution in [3.8, 4) is 11.8 Å². The third-order valence-electron chi connectivity index (χ3n) is 3.77. The van der Waals surface area contributed by atoms with E-state index in [0.717, 1.165) is 28.8 Å². The molecule has 0 fully saturated rings. The highest BCUT2D eigenvalue weighted by Crippen LogP contribution is 2.34. The number of nitriles is 1. The number of aromatic nitrogens is 1. The number of pyridine rings is 1. The second kappa shape index (κ2) is 6.85. The van der Waals surface area contributed by atoms with Crippen LogP contribution in [0.4, 0.5) is 13.2 Å². The van der Waals surface area contributed by atoms with Gasteiger partial charge in [-0.1, -0.05) is 23.7 Å². The molecule has 7 heteroatoms. The van der Waals surface area contributed by atoms with Gasteiger partial charge in [0.1, 0.15) is 12.4 Å². The quantitative estimate of drug-likeness (QED) is 0.592. The Morgan fingerprint density at radius 3 is 2.62 bits per heavy atom. The number of aryl methyl sites for hydroxylation is 1. The number of rotatable bonds is 3. The van der Waals surface area contributed by atoms with Crippen molar-refractivity contribution in [2.45, 2.75) is 19.7 Å². The summed E-state index contributed by atoms with van der Waals surface area (Å²) in [5, 5.41) is 10.2. The normalized spacial score (nSPS) is 11.4. The van der Waals surface area contributed by atoms with Crippen LogP contribution in [0, 0.1) is 18.3 Å². The Kier molecular flexibility index (Phi) is 4.75.